The van der Waals surface area contributed by atoms with Gasteiger partial charge in [-0.05, 0) is 98.1 Å². The normalized spacial score (nSPS) is 14.7. The summed E-state index contributed by atoms with van der Waals surface area (Å²) in [5, 5.41) is 3.09. The third-order valence-electron chi connectivity index (χ3n) is 7.50. The van der Waals surface area contributed by atoms with Gasteiger partial charge in [-0.1, -0.05) is 55.5 Å². The number of carbonyl (C=O) groups excluding carboxylic acids is 2. The molecule has 0 heterocycles. The Kier molecular flexibility index (Phi) is 9.72. The van der Waals surface area contributed by atoms with Crippen LogP contribution >= 0.6 is 0 Å². The Morgan fingerprint density at radius 1 is 0.842 bits per heavy atom. The lowest BCUT2D eigenvalue weighted by molar-refractivity contribution is 0.0827. The van der Waals surface area contributed by atoms with Crippen LogP contribution in [0.4, 0.5) is 0 Å². The lowest BCUT2D eigenvalue weighted by Crippen LogP contribution is -2.40. The Morgan fingerprint density at radius 2 is 1.55 bits per heavy atom. The Bertz CT molecular complexity index is 1200. The van der Waals surface area contributed by atoms with Crippen LogP contribution in [0, 0.1) is 0 Å². The molecular weight excluding hydrogens is 470 g/mol. The van der Waals surface area contributed by atoms with Gasteiger partial charge in [0, 0.05) is 37.8 Å². The van der Waals surface area contributed by atoms with E-state index in [0.717, 1.165) is 68.3 Å². The van der Waals surface area contributed by atoms with Crippen LogP contribution < -0.4 is 5.32 Å². The molecule has 0 spiro atoms. The van der Waals surface area contributed by atoms with Crippen molar-refractivity contribution in [3.05, 3.63) is 95.1 Å². The molecule has 0 bridgehead atoms. The van der Waals surface area contributed by atoms with Gasteiger partial charge in [0.05, 0.1) is 0 Å². The first-order valence-corrected chi connectivity index (χ1v) is 14.0. The molecule has 5 heteroatoms. The van der Waals surface area contributed by atoms with Gasteiger partial charge < -0.3 is 15.1 Å². The summed E-state index contributed by atoms with van der Waals surface area (Å²) in [6.45, 7) is 5.08. The second-order valence-corrected chi connectivity index (χ2v) is 10.5. The molecule has 1 aliphatic rings. The number of nitrogens with one attached hydrogen (secondary N) is 1. The van der Waals surface area contributed by atoms with E-state index in [1.165, 1.54) is 11.1 Å². The minimum absolute atomic E-state index is 0.00830. The second kappa shape index (κ2) is 13.4. The molecule has 2 amide bonds. The number of rotatable bonds is 11. The van der Waals surface area contributed by atoms with Crippen molar-refractivity contribution in [2.45, 2.75) is 51.5 Å². The maximum Gasteiger partial charge on any atom is 0.253 e. The van der Waals surface area contributed by atoms with Gasteiger partial charge in [-0.2, -0.15) is 0 Å². The Balaban J connectivity index is 1.23. The summed E-state index contributed by atoms with van der Waals surface area (Å²) in [6.07, 6.45) is 6.35. The first-order valence-electron chi connectivity index (χ1n) is 14.0. The van der Waals surface area contributed by atoms with Crippen LogP contribution in [0.3, 0.4) is 0 Å². The van der Waals surface area contributed by atoms with Crippen LogP contribution in [0.15, 0.2) is 72.8 Å². The fourth-order valence-electron chi connectivity index (χ4n) is 5.39. The summed E-state index contributed by atoms with van der Waals surface area (Å²) in [6, 6.07) is 24.8. The van der Waals surface area contributed by atoms with E-state index in [1.807, 2.05) is 48.5 Å². The van der Waals surface area contributed by atoms with Crippen LogP contribution in [-0.4, -0.2) is 61.4 Å². The van der Waals surface area contributed by atoms with Crippen LogP contribution in [-0.2, 0) is 12.8 Å². The van der Waals surface area contributed by atoms with E-state index < -0.39 is 0 Å². The molecule has 0 saturated heterocycles. The number of carbonyl (C=O) groups is 2. The molecule has 38 heavy (non-hydrogen) atoms. The molecule has 200 valence electrons. The molecule has 1 aliphatic carbocycles. The monoisotopic (exact) mass is 511 g/mol. The quantitative estimate of drug-likeness (QED) is 0.329. The van der Waals surface area contributed by atoms with Gasteiger partial charge >= 0.3 is 0 Å². The summed E-state index contributed by atoms with van der Waals surface area (Å²) in [5.41, 5.74) is 6.46. The first-order chi connectivity index (χ1) is 18.5. The second-order valence-electron chi connectivity index (χ2n) is 10.5. The number of hydrogen-bond donors (Lipinski definition) is 1. The molecule has 5 nitrogen and oxygen atoms in total. The summed E-state index contributed by atoms with van der Waals surface area (Å²) >= 11 is 0. The van der Waals surface area contributed by atoms with Crippen molar-refractivity contribution < 1.29 is 9.59 Å². The predicted octanol–water partition coefficient (Wildman–Crippen LogP) is 5.83. The highest BCUT2D eigenvalue weighted by atomic mass is 16.2. The van der Waals surface area contributed by atoms with Crippen LogP contribution in [0.5, 0.6) is 0 Å². The molecule has 0 fully saturated rings. The smallest absolute Gasteiger partial charge is 0.253 e. The molecule has 0 radical (unpaired) electrons. The number of benzene rings is 3. The minimum Gasteiger partial charge on any atom is -0.352 e. The van der Waals surface area contributed by atoms with E-state index >= 15 is 0 Å². The van der Waals surface area contributed by atoms with E-state index in [-0.39, 0.29) is 11.8 Å². The highest BCUT2D eigenvalue weighted by molar-refractivity contribution is 5.95. The zero-order valence-corrected chi connectivity index (χ0v) is 23.1. The van der Waals surface area contributed by atoms with E-state index in [9.17, 15) is 9.59 Å². The molecule has 3 aromatic carbocycles. The average Bonchev–Trinajstić information content (AvgIpc) is 2.96. The van der Waals surface area contributed by atoms with Gasteiger partial charge in [-0.25, -0.2) is 0 Å². The third-order valence-corrected chi connectivity index (χ3v) is 7.50. The SMILES string of the molecule is CCCN(CCCCNC(=O)c1ccc(-c2ccccc2)cc1)[C@H]1CCc2cc(C(=O)N(C)C)ccc2C1. The van der Waals surface area contributed by atoms with E-state index in [4.69, 9.17) is 0 Å². The maximum atomic E-state index is 12.6. The van der Waals surface area contributed by atoms with Crippen LogP contribution in [0.1, 0.15) is 64.4 Å². The summed E-state index contributed by atoms with van der Waals surface area (Å²) in [7, 11) is 3.60. The number of hydrogen-bond acceptors (Lipinski definition) is 3. The fourth-order valence-corrected chi connectivity index (χ4v) is 5.39. The number of unbranched alkanes of at least 4 members (excludes halogenated alkanes) is 1. The van der Waals surface area contributed by atoms with Gasteiger partial charge in [0.15, 0.2) is 0 Å². The van der Waals surface area contributed by atoms with Crippen molar-refractivity contribution in [1.82, 2.24) is 15.1 Å². The van der Waals surface area contributed by atoms with E-state index in [2.05, 4.69) is 41.4 Å². The number of nitrogens with zero attached hydrogens (tertiary/aromatic N) is 2. The van der Waals surface area contributed by atoms with Crippen molar-refractivity contribution in [2.75, 3.05) is 33.7 Å². The molecular formula is C33H41N3O2. The molecule has 1 atom stereocenters. The molecule has 0 aromatic heterocycles. The number of aryl methyl sites for hydroxylation is 1. The summed E-state index contributed by atoms with van der Waals surface area (Å²) in [4.78, 5) is 29.2. The Labute approximate surface area is 227 Å². The van der Waals surface area contributed by atoms with Gasteiger partial charge in [0.1, 0.15) is 0 Å². The highest BCUT2D eigenvalue weighted by Gasteiger charge is 2.24. The molecule has 1 N–H and O–H groups in total. The first kappa shape index (κ1) is 27.6. The van der Waals surface area contributed by atoms with E-state index in [0.29, 0.717) is 18.2 Å². The number of amides is 2. The van der Waals surface area contributed by atoms with Crippen molar-refractivity contribution in [1.29, 1.82) is 0 Å². The molecule has 0 saturated carbocycles. The zero-order chi connectivity index (χ0) is 26.9. The van der Waals surface area contributed by atoms with Crippen molar-refractivity contribution in [3.8, 4) is 11.1 Å². The van der Waals surface area contributed by atoms with Crippen LogP contribution in [0.25, 0.3) is 11.1 Å². The van der Waals surface area contributed by atoms with Crippen molar-refractivity contribution >= 4 is 11.8 Å². The summed E-state index contributed by atoms with van der Waals surface area (Å²) < 4.78 is 0. The zero-order valence-electron chi connectivity index (χ0n) is 23.1. The minimum atomic E-state index is -0.00830. The standard InChI is InChI=1S/C33H41N3O2/c1-4-21-36(31-19-18-28-23-30(33(38)35(2)3)17-16-29(28)24-31)22-9-8-20-34-32(37)27-14-12-26(13-15-27)25-10-6-5-7-11-25/h5-7,10-17,23,31H,4,8-9,18-22,24H2,1-3H3,(H,34,37)/t31-/m0/s1. The van der Waals surface area contributed by atoms with Gasteiger partial charge in [-0.3, -0.25) is 9.59 Å². The van der Waals surface area contributed by atoms with Gasteiger partial charge in [0.2, 0.25) is 0 Å². The fraction of sp³-hybridized carbons (Fsp3) is 0.394. The van der Waals surface area contributed by atoms with Crippen LogP contribution in [0.2, 0.25) is 0 Å². The van der Waals surface area contributed by atoms with Crippen molar-refractivity contribution in [2.24, 2.45) is 0 Å². The molecule has 4 rings (SSSR count). The largest absolute Gasteiger partial charge is 0.352 e. The number of fused-ring (bicyclic) bond motifs is 1. The third kappa shape index (κ3) is 7.11. The lowest BCUT2D eigenvalue weighted by atomic mass is 9.86. The van der Waals surface area contributed by atoms with Crippen molar-refractivity contribution in [3.63, 3.8) is 0 Å². The van der Waals surface area contributed by atoms with Gasteiger partial charge in [-0.15, -0.1) is 0 Å². The van der Waals surface area contributed by atoms with Gasteiger partial charge in [0.25, 0.3) is 11.8 Å². The highest BCUT2D eigenvalue weighted by Crippen LogP contribution is 2.26. The average molecular weight is 512 g/mol. The van der Waals surface area contributed by atoms with E-state index in [1.54, 1.807) is 19.0 Å². The Morgan fingerprint density at radius 3 is 2.26 bits per heavy atom. The summed E-state index contributed by atoms with van der Waals surface area (Å²) in [5.74, 6) is 0.0601. The molecule has 0 unspecified atom stereocenters. The maximum absolute atomic E-state index is 12.6. The Hall–Kier alpha value is -3.44. The molecule has 0 aliphatic heterocycles. The topological polar surface area (TPSA) is 52.7 Å². The lowest BCUT2D eigenvalue weighted by Gasteiger charge is -2.35. The predicted molar refractivity (Wildman–Crippen MR) is 156 cm³/mol. The molecule has 3 aromatic rings.